The molecule has 74 valence electrons. The van der Waals surface area contributed by atoms with E-state index in [4.69, 9.17) is 4.74 Å². The topological polar surface area (TPSA) is 9.23 Å². The summed E-state index contributed by atoms with van der Waals surface area (Å²) in [5.41, 5.74) is 1.39. The van der Waals surface area contributed by atoms with Crippen LogP contribution < -0.4 is 4.74 Å². The highest BCUT2D eigenvalue weighted by atomic mass is 16.5. The van der Waals surface area contributed by atoms with E-state index in [-0.39, 0.29) is 0 Å². The maximum Gasteiger partial charge on any atom is 0.119 e. The normalized spacial score (nSPS) is 16.1. The summed E-state index contributed by atoms with van der Waals surface area (Å²) in [6, 6.07) is 8.38. The first-order valence-electron chi connectivity index (χ1n) is 5.16. The maximum absolute atomic E-state index is 5.20. The summed E-state index contributed by atoms with van der Waals surface area (Å²) < 4.78 is 5.20. The number of ether oxygens (including phenoxy) is 1. The lowest BCUT2D eigenvalue weighted by Gasteiger charge is -2.09. The molecule has 0 atom stereocenters. The van der Waals surface area contributed by atoms with Crippen LogP contribution in [0.25, 0.3) is 0 Å². The van der Waals surface area contributed by atoms with E-state index in [1.807, 2.05) is 6.07 Å². The molecule has 0 saturated carbocycles. The Morgan fingerprint density at radius 3 is 2.79 bits per heavy atom. The first kappa shape index (κ1) is 9.32. The molecule has 0 spiro atoms. The van der Waals surface area contributed by atoms with Gasteiger partial charge < -0.3 is 4.74 Å². The van der Waals surface area contributed by atoms with Crippen molar-refractivity contribution in [1.29, 1.82) is 0 Å². The smallest absolute Gasteiger partial charge is 0.119 e. The van der Waals surface area contributed by atoms with Crippen molar-refractivity contribution in [1.82, 2.24) is 0 Å². The summed E-state index contributed by atoms with van der Waals surface area (Å²) >= 11 is 0. The zero-order valence-electron chi connectivity index (χ0n) is 8.57. The van der Waals surface area contributed by atoms with Crippen LogP contribution in [0.3, 0.4) is 0 Å². The molecule has 2 rings (SSSR count). The second kappa shape index (κ2) is 4.32. The van der Waals surface area contributed by atoms with E-state index < -0.39 is 0 Å². The number of benzene rings is 1. The molecule has 0 saturated heterocycles. The molecule has 0 radical (unpaired) electrons. The van der Waals surface area contributed by atoms with Crippen molar-refractivity contribution in [3.05, 3.63) is 42.0 Å². The van der Waals surface area contributed by atoms with Gasteiger partial charge in [-0.15, -0.1) is 0 Å². The average molecular weight is 188 g/mol. The average Bonchev–Trinajstić information content (AvgIpc) is 2.71. The Bertz CT molecular complexity index is 320. The lowest BCUT2D eigenvalue weighted by Crippen LogP contribution is -1.99. The van der Waals surface area contributed by atoms with Crippen molar-refractivity contribution in [3.8, 4) is 5.75 Å². The summed E-state index contributed by atoms with van der Waals surface area (Å²) in [5, 5.41) is 0. The molecular weight excluding hydrogens is 172 g/mol. The molecule has 1 nitrogen and oxygen atoms in total. The Morgan fingerprint density at radius 1 is 1.29 bits per heavy atom. The van der Waals surface area contributed by atoms with Crippen molar-refractivity contribution in [2.45, 2.75) is 19.3 Å². The van der Waals surface area contributed by atoms with Crippen LogP contribution in [-0.2, 0) is 6.42 Å². The van der Waals surface area contributed by atoms with Crippen molar-refractivity contribution >= 4 is 0 Å². The van der Waals surface area contributed by atoms with E-state index >= 15 is 0 Å². The largest absolute Gasteiger partial charge is 0.497 e. The third-order valence-electron chi connectivity index (χ3n) is 2.76. The zero-order valence-corrected chi connectivity index (χ0v) is 8.57. The molecule has 0 bridgehead atoms. The first-order valence-corrected chi connectivity index (χ1v) is 5.16. The second-order valence-electron chi connectivity index (χ2n) is 3.86. The SMILES string of the molecule is COc1cccc(CC2CC=CC2)c1. The van der Waals surface area contributed by atoms with Crippen LogP contribution in [0.1, 0.15) is 18.4 Å². The van der Waals surface area contributed by atoms with Crippen LogP contribution in [-0.4, -0.2) is 7.11 Å². The fraction of sp³-hybridized carbons (Fsp3) is 0.385. The summed E-state index contributed by atoms with van der Waals surface area (Å²) in [6.45, 7) is 0. The van der Waals surface area contributed by atoms with Crippen molar-refractivity contribution in [3.63, 3.8) is 0 Å². The third-order valence-corrected chi connectivity index (χ3v) is 2.76. The van der Waals surface area contributed by atoms with Gasteiger partial charge in [0, 0.05) is 0 Å². The molecule has 1 aromatic rings. The summed E-state index contributed by atoms with van der Waals surface area (Å²) in [7, 11) is 1.72. The molecule has 1 aliphatic rings. The van der Waals surface area contributed by atoms with Gasteiger partial charge in [-0.1, -0.05) is 24.3 Å². The minimum Gasteiger partial charge on any atom is -0.497 e. The third kappa shape index (κ3) is 2.16. The second-order valence-corrected chi connectivity index (χ2v) is 3.86. The number of hydrogen-bond acceptors (Lipinski definition) is 1. The van der Waals surface area contributed by atoms with Gasteiger partial charge in [-0.2, -0.15) is 0 Å². The van der Waals surface area contributed by atoms with Gasteiger partial charge in [0.05, 0.1) is 7.11 Å². The number of rotatable bonds is 3. The number of allylic oxidation sites excluding steroid dienone is 2. The highest BCUT2D eigenvalue weighted by Gasteiger charge is 2.10. The molecule has 14 heavy (non-hydrogen) atoms. The van der Waals surface area contributed by atoms with E-state index in [0.29, 0.717) is 0 Å². The van der Waals surface area contributed by atoms with Gasteiger partial charge in [0.25, 0.3) is 0 Å². The molecule has 0 N–H and O–H groups in total. The van der Waals surface area contributed by atoms with Gasteiger partial charge in [-0.3, -0.25) is 0 Å². The van der Waals surface area contributed by atoms with Crippen molar-refractivity contribution in [2.24, 2.45) is 5.92 Å². The van der Waals surface area contributed by atoms with Crippen LogP contribution in [0, 0.1) is 5.92 Å². The van der Waals surface area contributed by atoms with Crippen LogP contribution in [0.5, 0.6) is 5.75 Å². The molecule has 0 unspecified atom stereocenters. The van der Waals surface area contributed by atoms with E-state index in [2.05, 4.69) is 30.4 Å². The molecule has 0 aromatic heterocycles. The summed E-state index contributed by atoms with van der Waals surface area (Å²) in [4.78, 5) is 0. The quantitative estimate of drug-likeness (QED) is 0.662. The number of hydrogen-bond donors (Lipinski definition) is 0. The molecule has 1 aliphatic carbocycles. The molecule has 0 amide bonds. The van der Waals surface area contributed by atoms with Gasteiger partial charge in [-0.25, -0.2) is 0 Å². The van der Waals surface area contributed by atoms with Gasteiger partial charge in [0.2, 0.25) is 0 Å². The molecule has 0 heterocycles. The lowest BCUT2D eigenvalue weighted by atomic mass is 9.97. The van der Waals surface area contributed by atoms with Crippen LogP contribution >= 0.6 is 0 Å². The van der Waals surface area contributed by atoms with E-state index in [9.17, 15) is 0 Å². The predicted octanol–water partition coefficient (Wildman–Crippen LogP) is 3.20. The Kier molecular flexibility index (Phi) is 2.87. The maximum atomic E-state index is 5.20. The van der Waals surface area contributed by atoms with Gasteiger partial charge in [-0.05, 0) is 42.9 Å². The summed E-state index contributed by atoms with van der Waals surface area (Å²) in [5.74, 6) is 1.77. The highest BCUT2D eigenvalue weighted by Crippen LogP contribution is 2.23. The van der Waals surface area contributed by atoms with Crippen LogP contribution in [0.4, 0.5) is 0 Å². The number of methoxy groups -OCH3 is 1. The Labute approximate surface area is 85.4 Å². The zero-order chi connectivity index (χ0) is 9.80. The van der Waals surface area contributed by atoms with Gasteiger partial charge >= 0.3 is 0 Å². The van der Waals surface area contributed by atoms with E-state index in [0.717, 1.165) is 11.7 Å². The van der Waals surface area contributed by atoms with Crippen molar-refractivity contribution in [2.75, 3.05) is 7.11 Å². The Hall–Kier alpha value is -1.24. The van der Waals surface area contributed by atoms with Crippen molar-refractivity contribution < 1.29 is 4.74 Å². The lowest BCUT2D eigenvalue weighted by molar-refractivity contribution is 0.413. The minimum absolute atomic E-state index is 0.808. The predicted molar refractivity (Wildman–Crippen MR) is 58.6 cm³/mol. The minimum atomic E-state index is 0.808. The van der Waals surface area contributed by atoms with Gasteiger partial charge in [0.1, 0.15) is 5.75 Å². The Balaban J connectivity index is 2.01. The summed E-state index contributed by atoms with van der Waals surface area (Å²) in [6.07, 6.45) is 8.20. The van der Waals surface area contributed by atoms with E-state index in [1.165, 1.54) is 24.8 Å². The Morgan fingerprint density at radius 2 is 2.07 bits per heavy atom. The van der Waals surface area contributed by atoms with Crippen LogP contribution in [0.2, 0.25) is 0 Å². The molecular formula is C13H16O. The fourth-order valence-corrected chi connectivity index (χ4v) is 1.97. The standard InChI is InChI=1S/C13H16O/c1-14-13-8-4-7-12(10-13)9-11-5-2-3-6-11/h2-4,7-8,10-11H,5-6,9H2,1H3. The molecule has 0 aliphatic heterocycles. The first-order chi connectivity index (χ1) is 6.88. The monoisotopic (exact) mass is 188 g/mol. The van der Waals surface area contributed by atoms with E-state index in [1.54, 1.807) is 7.11 Å². The molecule has 1 aromatic carbocycles. The molecule has 0 fully saturated rings. The van der Waals surface area contributed by atoms with Gasteiger partial charge in [0.15, 0.2) is 0 Å². The van der Waals surface area contributed by atoms with Crippen LogP contribution in [0.15, 0.2) is 36.4 Å². The fourth-order valence-electron chi connectivity index (χ4n) is 1.97. The molecule has 1 heteroatoms. The highest BCUT2D eigenvalue weighted by molar-refractivity contribution is 5.28.